The average Bonchev–Trinajstić information content (AvgIpc) is 3.46. The molecule has 0 N–H and O–H groups in total. The molecule has 6 heteroatoms. The quantitative estimate of drug-likeness (QED) is 0.229. The monoisotopic (exact) mass is 528 g/mol. The van der Waals surface area contributed by atoms with Crippen LogP contribution in [0.15, 0.2) is 103 Å². The Kier molecular flexibility index (Phi) is 5.32. The van der Waals surface area contributed by atoms with Crippen molar-refractivity contribution in [1.29, 1.82) is 10.5 Å². The SMILES string of the molecule is CN1C(=O)c2cccc(-n3c4ccc(-c5ccccc5C#N)cc4c4cc(-c5ccccc5C#N)ccc43)c2C1=O. The van der Waals surface area contributed by atoms with Crippen LogP contribution in [0.1, 0.15) is 31.8 Å². The Morgan fingerprint density at radius 1 is 0.585 bits per heavy atom. The molecule has 0 saturated carbocycles. The molecule has 6 aromatic rings. The van der Waals surface area contributed by atoms with Crippen molar-refractivity contribution < 1.29 is 9.59 Å². The van der Waals surface area contributed by atoms with E-state index in [0.29, 0.717) is 27.9 Å². The Labute approximate surface area is 235 Å². The molecule has 0 unspecified atom stereocenters. The number of aromatic nitrogens is 1. The molecule has 2 heterocycles. The van der Waals surface area contributed by atoms with Gasteiger partial charge in [-0.25, -0.2) is 0 Å². The molecule has 41 heavy (non-hydrogen) atoms. The number of nitriles is 2. The fourth-order valence-corrected chi connectivity index (χ4v) is 5.85. The average molecular weight is 529 g/mol. The molecule has 0 saturated heterocycles. The second-order valence-electron chi connectivity index (χ2n) is 9.98. The summed E-state index contributed by atoms with van der Waals surface area (Å²) in [5.41, 5.74) is 7.67. The van der Waals surface area contributed by atoms with Gasteiger partial charge < -0.3 is 4.57 Å². The lowest BCUT2D eigenvalue weighted by Crippen LogP contribution is -2.24. The van der Waals surface area contributed by atoms with Crippen molar-refractivity contribution in [3.8, 4) is 40.1 Å². The van der Waals surface area contributed by atoms with Crippen LogP contribution < -0.4 is 0 Å². The first-order valence-corrected chi connectivity index (χ1v) is 13.0. The topological polar surface area (TPSA) is 89.9 Å². The highest BCUT2D eigenvalue weighted by atomic mass is 16.2. The third-order valence-electron chi connectivity index (χ3n) is 7.82. The van der Waals surface area contributed by atoms with E-state index >= 15 is 0 Å². The van der Waals surface area contributed by atoms with E-state index in [1.807, 2.05) is 71.3 Å². The van der Waals surface area contributed by atoms with Crippen molar-refractivity contribution in [3.05, 3.63) is 125 Å². The highest BCUT2D eigenvalue weighted by molar-refractivity contribution is 6.23. The molecule has 0 aliphatic carbocycles. The third-order valence-corrected chi connectivity index (χ3v) is 7.82. The number of nitrogens with zero attached hydrogens (tertiary/aromatic N) is 4. The zero-order valence-electron chi connectivity index (χ0n) is 21.9. The zero-order chi connectivity index (χ0) is 28.2. The van der Waals surface area contributed by atoms with E-state index in [9.17, 15) is 20.1 Å². The number of hydrogen-bond donors (Lipinski definition) is 0. The van der Waals surface area contributed by atoms with E-state index in [4.69, 9.17) is 0 Å². The molecule has 0 fully saturated rings. The first-order chi connectivity index (χ1) is 20.0. The fraction of sp³-hybridized carbons (Fsp3) is 0.0286. The summed E-state index contributed by atoms with van der Waals surface area (Å²) in [7, 11) is 1.50. The maximum absolute atomic E-state index is 13.2. The van der Waals surface area contributed by atoms with Gasteiger partial charge in [-0.2, -0.15) is 10.5 Å². The van der Waals surface area contributed by atoms with Crippen LogP contribution in [-0.2, 0) is 0 Å². The van der Waals surface area contributed by atoms with Crippen LogP contribution in [0, 0.1) is 22.7 Å². The van der Waals surface area contributed by atoms with Gasteiger partial charge in [0.05, 0.1) is 51.1 Å². The summed E-state index contributed by atoms with van der Waals surface area (Å²) in [5, 5.41) is 21.3. The number of amides is 2. The Morgan fingerprint density at radius 3 is 1.63 bits per heavy atom. The summed E-state index contributed by atoms with van der Waals surface area (Å²) in [5.74, 6) is -0.659. The minimum Gasteiger partial charge on any atom is -0.308 e. The van der Waals surface area contributed by atoms with Crippen molar-refractivity contribution in [1.82, 2.24) is 9.47 Å². The van der Waals surface area contributed by atoms with Crippen LogP contribution in [-0.4, -0.2) is 28.3 Å². The van der Waals surface area contributed by atoms with Gasteiger partial charge in [-0.3, -0.25) is 14.5 Å². The first kappa shape index (κ1) is 24.1. The summed E-state index contributed by atoms with van der Waals surface area (Å²) in [6.45, 7) is 0. The van der Waals surface area contributed by atoms with Crippen molar-refractivity contribution in [2.75, 3.05) is 7.05 Å². The highest BCUT2D eigenvalue weighted by Gasteiger charge is 2.35. The van der Waals surface area contributed by atoms with E-state index < -0.39 is 0 Å². The van der Waals surface area contributed by atoms with Crippen LogP contribution in [0.2, 0.25) is 0 Å². The highest BCUT2D eigenvalue weighted by Crippen LogP contribution is 2.40. The minimum atomic E-state index is -0.338. The van der Waals surface area contributed by atoms with Gasteiger partial charge in [0.2, 0.25) is 0 Å². The summed E-state index contributed by atoms with van der Waals surface area (Å²) >= 11 is 0. The van der Waals surface area contributed by atoms with Crippen LogP contribution in [0.5, 0.6) is 0 Å². The smallest absolute Gasteiger partial charge is 0.263 e. The molecule has 1 aliphatic rings. The molecular weight excluding hydrogens is 508 g/mol. The summed E-state index contributed by atoms with van der Waals surface area (Å²) < 4.78 is 2.02. The molecule has 1 aromatic heterocycles. The molecule has 6 nitrogen and oxygen atoms in total. The Morgan fingerprint density at radius 2 is 1.10 bits per heavy atom. The van der Waals surface area contributed by atoms with Gasteiger partial charge in [-0.1, -0.05) is 54.6 Å². The number of fused-ring (bicyclic) bond motifs is 4. The molecule has 0 radical (unpaired) electrons. The predicted octanol–water partition coefficient (Wildman–Crippen LogP) is 7.09. The molecule has 0 bridgehead atoms. The van der Waals surface area contributed by atoms with Crippen molar-refractivity contribution in [3.63, 3.8) is 0 Å². The molecule has 1 aliphatic heterocycles. The lowest BCUT2D eigenvalue weighted by atomic mass is 9.96. The lowest BCUT2D eigenvalue weighted by Gasteiger charge is -2.12. The molecular formula is C35H20N4O2. The Hall–Kier alpha value is -5.98. The van der Waals surface area contributed by atoms with Crippen molar-refractivity contribution >= 4 is 33.6 Å². The van der Waals surface area contributed by atoms with Crippen LogP contribution >= 0.6 is 0 Å². The van der Waals surface area contributed by atoms with E-state index in [-0.39, 0.29) is 11.8 Å². The van der Waals surface area contributed by atoms with Gasteiger partial charge in [0.1, 0.15) is 0 Å². The molecule has 2 amide bonds. The molecule has 192 valence electrons. The second-order valence-corrected chi connectivity index (χ2v) is 9.98. The summed E-state index contributed by atoms with van der Waals surface area (Å²) in [4.78, 5) is 27.2. The largest absolute Gasteiger partial charge is 0.308 e. The molecule has 0 spiro atoms. The van der Waals surface area contributed by atoms with Crippen LogP contribution in [0.3, 0.4) is 0 Å². The number of carbonyl (C=O) groups excluding carboxylic acids is 2. The Bertz CT molecular complexity index is 2080. The van der Waals surface area contributed by atoms with Crippen LogP contribution in [0.4, 0.5) is 0 Å². The third kappa shape index (κ3) is 3.49. The number of benzene rings is 5. The van der Waals surface area contributed by atoms with Crippen LogP contribution in [0.25, 0.3) is 49.7 Å². The molecule has 5 aromatic carbocycles. The summed E-state index contributed by atoms with van der Waals surface area (Å²) in [6, 6.07) is 36.9. The first-order valence-electron chi connectivity index (χ1n) is 13.0. The van der Waals surface area contributed by atoms with Crippen molar-refractivity contribution in [2.24, 2.45) is 0 Å². The number of imide groups is 1. The normalized spacial score (nSPS) is 12.5. The standard InChI is InChI=1S/C35H20N4O2/c1-38-34(40)27-11-6-12-32(33(27)35(38)41)39-30-15-13-21(25-9-4-2-7-23(25)19-36)17-28(30)29-18-22(14-16-31(29)39)26-10-5-3-8-24(26)20-37/h2-18H,1H3. The maximum Gasteiger partial charge on any atom is 0.263 e. The van der Waals surface area contributed by atoms with E-state index in [1.54, 1.807) is 24.3 Å². The number of rotatable bonds is 3. The van der Waals surface area contributed by atoms with Gasteiger partial charge in [-0.05, 0) is 70.8 Å². The maximum atomic E-state index is 13.2. The fourth-order valence-electron chi connectivity index (χ4n) is 5.85. The number of hydrogen-bond acceptors (Lipinski definition) is 4. The second kappa shape index (κ2) is 9.05. The minimum absolute atomic E-state index is 0.321. The Balaban J connectivity index is 1.58. The molecule has 0 atom stereocenters. The van der Waals surface area contributed by atoms with Gasteiger partial charge in [0, 0.05) is 17.8 Å². The molecule has 7 rings (SSSR count). The van der Waals surface area contributed by atoms with E-state index in [0.717, 1.165) is 49.0 Å². The lowest BCUT2D eigenvalue weighted by molar-refractivity contribution is 0.0693. The van der Waals surface area contributed by atoms with Gasteiger partial charge in [0.15, 0.2) is 0 Å². The van der Waals surface area contributed by atoms with Gasteiger partial charge in [-0.15, -0.1) is 0 Å². The predicted molar refractivity (Wildman–Crippen MR) is 158 cm³/mol. The van der Waals surface area contributed by atoms with Crippen molar-refractivity contribution in [2.45, 2.75) is 0 Å². The van der Waals surface area contributed by atoms with E-state index in [1.165, 1.54) is 7.05 Å². The van der Waals surface area contributed by atoms with Gasteiger partial charge in [0.25, 0.3) is 11.8 Å². The van der Waals surface area contributed by atoms with Gasteiger partial charge >= 0.3 is 0 Å². The zero-order valence-corrected chi connectivity index (χ0v) is 21.9. The van der Waals surface area contributed by atoms with E-state index in [2.05, 4.69) is 24.3 Å². The number of carbonyl (C=O) groups is 2. The summed E-state index contributed by atoms with van der Waals surface area (Å²) in [6.07, 6.45) is 0.